The number of hydrogen-bond donors (Lipinski definition) is 9. The molecular formula is C7H18N6O8P2. The lowest BCUT2D eigenvalue weighted by molar-refractivity contribution is -0.137. The Kier molecular flexibility index (Phi) is 7.64. The lowest BCUT2D eigenvalue weighted by atomic mass is 10.6. The van der Waals surface area contributed by atoms with E-state index in [0.29, 0.717) is 6.54 Å². The summed E-state index contributed by atoms with van der Waals surface area (Å²) in [5.41, 5.74) is 0. The Balaban J connectivity index is 0.000000433. The first-order chi connectivity index (χ1) is 10.2. The van der Waals surface area contributed by atoms with Crippen molar-refractivity contribution in [3.63, 3.8) is 0 Å². The Morgan fingerprint density at radius 2 is 1.91 bits per heavy atom. The number of nitrogens with one attached hydrogen (secondary N) is 4. The van der Waals surface area contributed by atoms with Crippen LogP contribution in [-0.2, 0) is 13.9 Å². The zero-order valence-electron chi connectivity index (χ0n) is 11.9. The molecule has 0 aromatic carbocycles. The fraction of sp³-hybridized carbons (Fsp3) is 0.571. The molecule has 9 N–H and O–H groups in total. The van der Waals surface area contributed by atoms with Gasteiger partial charge >= 0.3 is 21.5 Å². The number of carboxylic acids is 1. The third kappa shape index (κ3) is 9.13. The molecule has 0 atom stereocenters. The first-order valence-electron chi connectivity index (χ1n) is 5.75. The second kappa shape index (κ2) is 8.24. The van der Waals surface area contributed by atoms with E-state index in [-0.39, 0.29) is 12.5 Å². The van der Waals surface area contributed by atoms with E-state index in [1.54, 1.807) is 0 Å². The van der Waals surface area contributed by atoms with Crippen LogP contribution in [0.3, 0.4) is 0 Å². The predicted octanol–water partition coefficient (Wildman–Crippen LogP) is -2.46. The molecule has 0 radical (unpaired) electrons. The van der Waals surface area contributed by atoms with Crippen LogP contribution in [0.25, 0.3) is 0 Å². The number of aliphatic carboxylic acids is 1. The quantitative estimate of drug-likeness (QED) is 0.141. The summed E-state index contributed by atoms with van der Waals surface area (Å²) in [6, 6.07) is 0. The maximum Gasteiger partial charge on any atom is 0.432 e. The Bertz CT molecular complexity index is 557. The molecule has 0 unspecified atom stereocenters. The molecule has 1 fully saturated rings. The lowest BCUT2D eigenvalue weighted by Gasteiger charge is -2.18. The lowest BCUT2D eigenvalue weighted by Crippen LogP contribution is -2.39. The van der Waals surface area contributed by atoms with Crippen LogP contribution >= 0.6 is 15.5 Å². The number of carbonyl (C=O) groups is 1. The van der Waals surface area contributed by atoms with E-state index in [9.17, 15) is 13.9 Å². The van der Waals surface area contributed by atoms with Gasteiger partial charge in [-0.1, -0.05) is 0 Å². The molecule has 1 rings (SSSR count). The zero-order valence-corrected chi connectivity index (χ0v) is 13.7. The summed E-state index contributed by atoms with van der Waals surface area (Å²) >= 11 is 0. The number of guanidine groups is 2. The highest BCUT2D eigenvalue weighted by Crippen LogP contribution is 2.40. The first-order valence-corrected chi connectivity index (χ1v) is 8.93. The molecule has 1 heterocycles. The van der Waals surface area contributed by atoms with E-state index in [2.05, 4.69) is 5.32 Å². The average molecular weight is 376 g/mol. The van der Waals surface area contributed by atoms with Crippen LogP contribution in [0.1, 0.15) is 0 Å². The number of likely N-dealkylation sites (N-methyl/N-ethyl adjacent to an activating group) is 1. The molecule has 23 heavy (non-hydrogen) atoms. The molecule has 1 saturated heterocycles. The van der Waals surface area contributed by atoms with Crippen LogP contribution in [0.2, 0.25) is 0 Å². The molecule has 0 aliphatic carbocycles. The third-order valence-electron chi connectivity index (χ3n) is 2.19. The number of rotatable bonds is 4. The van der Waals surface area contributed by atoms with Gasteiger partial charge < -0.3 is 34.9 Å². The maximum absolute atomic E-state index is 10.5. The molecule has 16 heteroatoms. The summed E-state index contributed by atoms with van der Waals surface area (Å²) in [4.78, 5) is 44.8. The van der Waals surface area contributed by atoms with Gasteiger partial charge in [-0.15, -0.1) is 0 Å². The summed E-state index contributed by atoms with van der Waals surface area (Å²) in [5.74, 6) is -2.04. The van der Waals surface area contributed by atoms with Crippen LogP contribution < -0.4 is 10.4 Å². The Morgan fingerprint density at radius 3 is 2.17 bits per heavy atom. The van der Waals surface area contributed by atoms with Gasteiger partial charge in [-0.05, 0) is 0 Å². The first kappa shape index (κ1) is 21.3. The molecular weight excluding hydrogens is 358 g/mol. The Hall–Kier alpha value is -1.69. The molecule has 0 bridgehead atoms. The smallest absolute Gasteiger partial charge is 0.432 e. The minimum absolute atomic E-state index is 0.198. The monoisotopic (exact) mass is 376 g/mol. The summed E-state index contributed by atoms with van der Waals surface area (Å²) < 4.78 is 21.5. The topological polar surface area (TPSA) is 231 Å². The summed E-state index contributed by atoms with van der Waals surface area (Å²) in [5, 5.41) is 26.3. The fourth-order valence-corrected chi connectivity index (χ4v) is 2.39. The zero-order chi connectivity index (χ0) is 18.4. The molecule has 1 aliphatic heterocycles. The normalized spacial score (nSPS) is 14.5. The van der Waals surface area contributed by atoms with Gasteiger partial charge in [0.25, 0.3) is 0 Å². The van der Waals surface area contributed by atoms with Crippen molar-refractivity contribution >= 4 is 33.4 Å². The highest BCUT2D eigenvalue weighted by molar-refractivity contribution is 7.50. The highest BCUT2D eigenvalue weighted by atomic mass is 31.2. The van der Waals surface area contributed by atoms with Crippen LogP contribution in [0.5, 0.6) is 0 Å². The molecule has 0 spiro atoms. The molecule has 0 saturated carbocycles. The molecule has 1 aliphatic rings. The van der Waals surface area contributed by atoms with Crippen molar-refractivity contribution < 1.29 is 38.6 Å². The van der Waals surface area contributed by atoms with Crippen molar-refractivity contribution in [2.45, 2.75) is 0 Å². The van der Waals surface area contributed by atoms with Crippen LogP contribution in [-0.4, -0.2) is 78.8 Å². The summed E-state index contributed by atoms with van der Waals surface area (Å²) in [6.07, 6.45) is 0. The molecule has 14 nitrogen and oxygen atoms in total. The van der Waals surface area contributed by atoms with Crippen molar-refractivity contribution in [1.82, 2.24) is 20.0 Å². The molecule has 0 aromatic rings. The SMILES string of the molecule is CN(CC(=O)O)C(=N)NP(=O)(O)O.N=C1NCCN1P(=O)(O)O. The van der Waals surface area contributed by atoms with Gasteiger partial charge in [0, 0.05) is 20.1 Å². The minimum atomic E-state index is -4.53. The van der Waals surface area contributed by atoms with E-state index in [4.69, 9.17) is 35.5 Å². The number of nitrogens with zero attached hydrogens (tertiary/aromatic N) is 2. The Labute approximate surface area is 130 Å². The van der Waals surface area contributed by atoms with Gasteiger partial charge in [0.2, 0.25) is 0 Å². The van der Waals surface area contributed by atoms with Crippen LogP contribution in [0.15, 0.2) is 0 Å². The van der Waals surface area contributed by atoms with Crippen molar-refractivity contribution in [2.75, 3.05) is 26.7 Å². The van der Waals surface area contributed by atoms with Gasteiger partial charge in [0.1, 0.15) is 6.54 Å². The second-order valence-electron chi connectivity index (χ2n) is 4.17. The van der Waals surface area contributed by atoms with Gasteiger partial charge in [-0.25, -0.2) is 13.8 Å². The van der Waals surface area contributed by atoms with Crippen molar-refractivity contribution in [3.8, 4) is 0 Å². The fourth-order valence-electron chi connectivity index (χ4n) is 1.25. The predicted molar refractivity (Wildman–Crippen MR) is 77.7 cm³/mol. The van der Waals surface area contributed by atoms with E-state index < -0.39 is 34.0 Å². The standard InChI is InChI=1S/C4H10N3O5P.C3H8N3O3P/c1-7(2-3(8)9)4(5)6-13(10,11)12;4-3-5-1-2-6(3)10(7,8)9/h2H2,1H3,(H,8,9)(H4,5,6,10,11,12);1-2H2,(H2,4,5)(H2,7,8,9). The largest absolute Gasteiger partial charge is 0.480 e. The van der Waals surface area contributed by atoms with E-state index in [1.807, 2.05) is 0 Å². The second-order valence-corrected chi connectivity index (χ2v) is 6.99. The van der Waals surface area contributed by atoms with E-state index in [0.717, 1.165) is 9.57 Å². The maximum atomic E-state index is 10.5. The van der Waals surface area contributed by atoms with Crippen molar-refractivity contribution in [1.29, 1.82) is 10.8 Å². The molecule has 134 valence electrons. The van der Waals surface area contributed by atoms with Gasteiger partial charge in [0.15, 0.2) is 11.9 Å². The van der Waals surface area contributed by atoms with E-state index in [1.165, 1.54) is 12.1 Å². The van der Waals surface area contributed by atoms with Crippen molar-refractivity contribution in [2.24, 2.45) is 0 Å². The highest BCUT2D eigenvalue weighted by Gasteiger charge is 2.31. The third-order valence-corrected chi connectivity index (χ3v) is 3.73. The van der Waals surface area contributed by atoms with Crippen molar-refractivity contribution in [3.05, 3.63) is 0 Å². The average Bonchev–Trinajstić information content (AvgIpc) is 2.72. The number of hydrogen-bond acceptors (Lipinski definition) is 5. The Morgan fingerprint density at radius 1 is 1.39 bits per heavy atom. The van der Waals surface area contributed by atoms with Gasteiger partial charge in [-0.2, -0.15) is 0 Å². The molecule has 0 amide bonds. The number of carboxylic acid groups (broad SMARTS) is 1. The van der Waals surface area contributed by atoms with Gasteiger partial charge in [0.05, 0.1) is 0 Å². The van der Waals surface area contributed by atoms with Gasteiger partial charge in [-0.3, -0.25) is 20.7 Å². The minimum Gasteiger partial charge on any atom is -0.480 e. The molecule has 0 aromatic heterocycles. The summed E-state index contributed by atoms with van der Waals surface area (Å²) in [7, 11) is -7.53. The summed E-state index contributed by atoms with van der Waals surface area (Å²) in [6.45, 7) is 0.110. The van der Waals surface area contributed by atoms with Crippen LogP contribution in [0.4, 0.5) is 0 Å². The van der Waals surface area contributed by atoms with Crippen LogP contribution in [0, 0.1) is 10.8 Å². The van der Waals surface area contributed by atoms with E-state index >= 15 is 0 Å².